The van der Waals surface area contributed by atoms with Gasteiger partial charge in [-0.3, -0.25) is 4.79 Å². The van der Waals surface area contributed by atoms with E-state index < -0.39 is 6.10 Å². The lowest BCUT2D eigenvalue weighted by molar-refractivity contribution is 0.0822. The first kappa shape index (κ1) is 15.8. The Morgan fingerprint density at radius 1 is 1.35 bits per heavy atom. The van der Waals surface area contributed by atoms with Crippen LogP contribution in [0.3, 0.4) is 0 Å². The molecule has 2 rings (SSSR count). The van der Waals surface area contributed by atoms with Crippen LogP contribution in [-0.2, 0) is 0 Å². The smallest absolute Gasteiger partial charge is 0.212 e. The maximum Gasteiger partial charge on any atom is 0.212 e. The first-order valence-corrected chi connectivity index (χ1v) is 8.17. The molecular formula is C14H11BrCl2O2S. The summed E-state index contributed by atoms with van der Waals surface area (Å²) in [5.41, 5.74) is 0.869. The molecule has 1 atom stereocenters. The minimum absolute atomic E-state index is 0.111. The van der Waals surface area contributed by atoms with E-state index in [1.807, 2.05) is 13.0 Å². The maximum atomic E-state index is 12.2. The number of aryl methyl sites for hydroxylation is 1. The third-order valence-electron chi connectivity index (χ3n) is 2.67. The standard InChI is InChI=1S/C14H11BrCl2O2S/c1-7-5-9(15)6-10(16)14(7)19-8(2)13(18)11-3-4-12(17)20-11/h3-6,8H,1-2H3. The minimum Gasteiger partial charge on any atom is -0.481 e. The van der Waals surface area contributed by atoms with Crippen LogP contribution in [0.25, 0.3) is 0 Å². The monoisotopic (exact) mass is 392 g/mol. The molecule has 0 saturated heterocycles. The van der Waals surface area contributed by atoms with Crippen LogP contribution in [0.4, 0.5) is 0 Å². The molecule has 6 heteroatoms. The zero-order valence-electron chi connectivity index (χ0n) is 10.7. The third-order valence-corrected chi connectivity index (χ3v) is 4.66. The Hall–Kier alpha value is -0.550. The van der Waals surface area contributed by atoms with E-state index in [1.165, 1.54) is 11.3 Å². The van der Waals surface area contributed by atoms with E-state index in [0.717, 1.165) is 10.0 Å². The molecule has 0 amide bonds. The lowest BCUT2D eigenvalue weighted by atomic mass is 10.2. The highest BCUT2D eigenvalue weighted by atomic mass is 79.9. The zero-order valence-corrected chi connectivity index (χ0v) is 14.7. The van der Waals surface area contributed by atoms with E-state index in [0.29, 0.717) is 20.0 Å². The van der Waals surface area contributed by atoms with Crippen molar-refractivity contribution in [1.29, 1.82) is 0 Å². The van der Waals surface area contributed by atoms with Gasteiger partial charge in [-0.05, 0) is 43.7 Å². The number of benzene rings is 1. The number of ketones is 1. The second-order valence-electron chi connectivity index (χ2n) is 4.26. The first-order valence-electron chi connectivity index (χ1n) is 5.80. The van der Waals surface area contributed by atoms with E-state index >= 15 is 0 Å². The summed E-state index contributed by atoms with van der Waals surface area (Å²) in [6, 6.07) is 7.03. The predicted molar refractivity (Wildman–Crippen MR) is 87.6 cm³/mol. The first-order chi connectivity index (χ1) is 9.38. The van der Waals surface area contributed by atoms with Crippen LogP contribution in [0.15, 0.2) is 28.7 Å². The Morgan fingerprint density at radius 2 is 2.05 bits per heavy atom. The molecule has 106 valence electrons. The minimum atomic E-state index is -0.623. The Balaban J connectivity index is 2.20. The van der Waals surface area contributed by atoms with Crippen LogP contribution in [0, 0.1) is 6.92 Å². The van der Waals surface area contributed by atoms with Crippen LogP contribution in [-0.4, -0.2) is 11.9 Å². The quantitative estimate of drug-likeness (QED) is 0.615. The van der Waals surface area contributed by atoms with Crippen molar-refractivity contribution in [1.82, 2.24) is 0 Å². The van der Waals surface area contributed by atoms with Gasteiger partial charge in [0.25, 0.3) is 0 Å². The topological polar surface area (TPSA) is 26.3 Å². The molecule has 0 aliphatic carbocycles. The average molecular weight is 394 g/mol. The molecule has 0 aliphatic rings. The SMILES string of the molecule is Cc1cc(Br)cc(Cl)c1OC(C)C(=O)c1ccc(Cl)s1. The fourth-order valence-corrected chi connectivity index (χ4v) is 3.79. The van der Waals surface area contributed by atoms with Gasteiger partial charge >= 0.3 is 0 Å². The molecule has 0 N–H and O–H groups in total. The van der Waals surface area contributed by atoms with Gasteiger partial charge < -0.3 is 4.74 Å². The summed E-state index contributed by atoms with van der Waals surface area (Å²) in [4.78, 5) is 12.8. The number of ether oxygens (including phenoxy) is 1. The van der Waals surface area contributed by atoms with Crippen molar-refractivity contribution < 1.29 is 9.53 Å². The molecule has 1 aromatic carbocycles. The van der Waals surface area contributed by atoms with Gasteiger partial charge in [-0.25, -0.2) is 0 Å². The highest BCUT2D eigenvalue weighted by Gasteiger charge is 2.20. The highest BCUT2D eigenvalue weighted by Crippen LogP contribution is 2.33. The molecule has 0 fully saturated rings. The maximum absolute atomic E-state index is 12.2. The van der Waals surface area contributed by atoms with Crippen LogP contribution in [0.5, 0.6) is 5.75 Å². The zero-order chi connectivity index (χ0) is 14.9. The van der Waals surface area contributed by atoms with Crippen molar-refractivity contribution in [2.24, 2.45) is 0 Å². The van der Waals surface area contributed by atoms with E-state index in [9.17, 15) is 4.79 Å². The fraction of sp³-hybridized carbons (Fsp3) is 0.214. The Bertz CT molecular complexity index is 631. The molecule has 2 aromatic rings. The number of thiophene rings is 1. The summed E-state index contributed by atoms with van der Waals surface area (Å²) in [5, 5.41) is 0.473. The predicted octanol–water partition coefficient (Wildman–Crippen LogP) is 5.78. The summed E-state index contributed by atoms with van der Waals surface area (Å²) in [6.07, 6.45) is -0.623. The number of carbonyl (C=O) groups excluding carboxylic acids is 1. The second-order valence-corrected chi connectivity index (χ2v) is 7.30. The van der Waals surface area contributed by atoms with E-state index in [4.69, 9.17) is 27.9 Å². The van der Waals surface area contributed by atoms with Gasteiger partial charge in [0, 0.05) is 4.47 Å². The number of Topliss-reactive ketones (excluding diaryl/α,β-unsaturated/α-hetero) is 1. The van der Waals surface area contributed by atoms with Gasteiger partial charge in [0.05, 0.1) is 14.2 Å². The summed E-state index contributed by atoms with van der Waals surface area (Å²) in [7, 11) is 0. The van der Waals surface area contributed by atoms with Crippen molar-refractivity contribution in [3.8, 4) is 5.75 Å². The van der Waals surface area contributed by atoms with Crippen LogP contribution in [0.1, 0.15) is 22.2 Å². The Kier molecular flexibility index (Phi) is 5.13. The number of hydrogen-bond acceptors (Lipinski definition) is 3. The molecule has 1 aromatic heterocycles. The van der Waals surface area contributed by atoms with E-state index in [2.05, 4.69) is 15.9 Å². The van der Waals surface area contributed by atoms with Crippen molar-refractivity contribution in [3.63, 3.8) is 0 Å². The van der Waals surface area contributed by atoms with Crippen molar-refractivity contribution >= 4 is 56.3 Å². The average Bonchev–Trinajstić information content (AvgIpc) is 2.79. The number of rotatable bonds is 4. The van der Waals surface area contributed by atoms with Crippen molar-refractivity contribution in [2.75, 3.05) is 0 Å². The second kappa shape index (κ2) is 6.48. The molecule has 0 radical (unpaired) electrons. The van der Waals surface area contributed by atoms with Gasteiger partial charge in [0.15, 0.2) is 6.10 Å². The van der Waals surface area contributed by atoms with Gasteiger partial charge in [-0.1, -0.05) is 39.1 Å². The summed E-state index contributed by atoms with van der Waals surface area (Å²) in [6.45, 7) is 3.58. The number of halogens is 3. The van der Waals surface area contributed by atoms with Crippen LogP contribution in [0.2, 0.25) is 9.36 Å². The summed E-state index contributed by atoms with van der Waals surface area (Å²) < 4.78 is 7.17. The Labute approximate surface area is 139 Å². The molecule has 2 nitrogen and oxygen atoms in total. The molecule has 0 bridgehead atoms. The van der Waals surface area contributed by atoms with Crippen molar-refractivity contribution in [3.05, 3.63) is 48.5 Å². The largest absolute Gasteiger partial charge is 0.481 e. The molecule has 1 heterocycles. The lowest BCUT2D eigenvalue weighted by Crippen LogP contribution is -2.23. The lowest BCUT2D eigenvalue weighted by Gasteiger charge is -2.16. The van der Waals surface area contributed by atoms with Gasteiger partial charge in [0.2, 0.25) is 5.78 Å². The Morgan fingerprint density at radius 3 is 2.60 bits per heavy atom. The van der Waals surface area contributed by atoms with Gasteiger partial charge in [-0.2, -0.15) is 0 Å². The third kappa shape index (κ3) is 3.55. The molecular weight excluding hydrogens is 383 g/mol. The molecule has 0 saturated carbocycles. The van der Waals surface area contributed by atoms with Gasteiger partial charge in [0.1, 0.15) is 5.75 Å². The summed E-state index contributed by atoms with van der Waals surface area (Å²) >= 11 is 16.6. The van der Waals surface area contributed by atoms with Crippen molar-refractivity contribution in [2.45, 2.75) is 20.0 Å². The molecule has 0 aliphatic heterocycles. The molecule has 20 heavy (non-hydrogen) atoms. The molecule has 0 spiro atoms. The van der Waals surface area contributed by atoms with Crippen LogP contribution < -0.4 is 4.74 Å². The summed E-state index contributed by atoms with van der Waals surface area (Å²) in [5.74, 6) is 0.415. The number of carbonyl (C=O) groups is 1. The van der Waals surface area contributed by atoms with Gasteiger partial charge in [-0.15, -0.1) is 11.3 Å². The number of hydrogen-bond donors (Lipinski definition) is 0. The highest BCUT2D eigenvalue weighted by molar-refractivity contribution is 9.10. The van der Waals surface area contributed by atoms with E-state index in [1.54, 1.807) is 25.1 Å². The fourth-order valence-electron chi connectivity index (χ4n) is 1.72. The van der Waals surface area contributed by atoms with E-state index in [-0.39, 0.29) is 5.78 Å². The van der Waals surface area contributed by atoms with Crippen LogP contribution >= 0.6 is 50.5 Å². The normalized spacial score (nSPS) is 12.2. The molecule has 1 unspecified atom stereocenters.